The van der Waals surface area contributed by atoms with Gasteiger partial charge in [0.1, 0.15) is 4.17 Å². The molecule has 0 radical (unpaired) electrons. The Balaban J connectivity index is 4.06. The first-order valence-electron chi connectivity index (χ1n) is 5.15. The molecule has 74 valence electrons. The molecule has 0 unspecified atom stereocenters. The van der Waals surface area contributed by atoms with Crippen molar-refractivity contribution in [1.29, 1.82) is 0 Å². The van der Waals surface area contributed by atoms with Crippen LogP contribution in [0.2, 0.25) is 0 Å². The van der Waals surface area contributed by atoms with Gasteiger partial charge in [-0.15, -0.1) is 0 Å². The Morgan fingerprint density at radius 3 is 1.33 bits per heavy atom. The fourth-order valence-corrected chi connectivity index (χ4v) is 8.88. The summed E-state index contributed by atoms with van der Waals surface area (Å²) >= 11 is 2.62. The van der Waals surface area contributed by atoms with Gasteiger partial charge in [0.05, 0.1) is 18.5 Å². The van der Waals surface area contributed by atoms with Crippen LogP contribution in [0, 0.1) is 0 Å². The van der Waals surface area contributed by atoms with Crippen LogP contribution in [0.5, 0.6) is 0 Å². The van der Waals surface area contributed by atoms with Gasteiger partial charge in [0.2, 0.25) is 0 Å². The first-order chi connectivity index (χ1) is 5.74. The van der Waals surface area contributed by atoms with E-state index in [0.717, 1.165) is 0 Å². The summed E-state index contributed by atoms with van der Waals surface area (Å²) in [7, 11) is -0.490. The smallest absolute Gasteiger partial charge is 0.0619 e. The molecule has 0 heterocycles. The van der Waals surface area contributed by atoms with E-state index in [1.165, 1.54) is 41.9 Å². The predicted octanol–water partition coefficient (Wildman–Crippen LogP) is 4.63. The zero-order valence-corrected chi connectivity index (χ0v) is 11.8. The standard InChI is InChI=1S/C10H23IP/c1-4-7-12(10-11,8-5-2)9-6-3/h4-10H2,1-3H3/q+1. The monoisotopic (exact) mass is 301 g/mol. The Morgan fingerprint density at radius 2 is 1.17 bits per heavy atom. The van der Waals surface area contributed by atoms with E-state index < -0.39 is 7.26 Å². The van der Waals surface area contributed by atoms with Gasteiger partial charge in [-0.05, 0) is 41.9 Å². The number of alkyl halides is 1. The summed E-state index contributed by atoms with van der Waals surface area (Å²) in [4.78, 5) is 0. The second kappa shape index (κ2) is 7.55. The van der Waals surface area contributed by atoms with E-state index in [2.05, 4.69) is 43.4 Å². The van der Waals surface area contributed by atoms with E-state index >= 15 is 0 Å². The van der Waals surface area contributed by atoms with Crippen molar-refractivity contribution < 1.29 is 0 Å². The number of hydrogen-bond donors (Lipinski definition) is 0. The van der Waals surface area contributed by atoms with Crippen molar-refractivity contribution in [3.63, 3.8) is 0 Å². The molecule has 0 bridgehead atoms. The van der Waals surface area contributed by atoms with Gasteiger partial charge in [0, 0.05) is 7.26 Å². The van der Waals surface area contributed by atoms with Crippen LogP contribution in [-0.4, -0.2) is 22.7 Å². The third kappa shape index (κ3) is 4.41. The fraction of sp³-hybridized carbons (Fsp3) is 1.00. The van der Waals surface area contributed by atoms with Gasteiger partial charge in [-0.25, -0.2) is 0 Å². The van der Waals surface area contributed by atoms with Gasteiger partial charge in [-0.3, -0.25) is 0 Å². The molecule has 0 aliphatic carbocycles. The second-order valence-electron chi connectivity index (χ2n) is 3.63. The number of rotatable bonds is 7. The maximum Gasteiger partial charge on any atom is 0.109 e. The Morgan fingerprint density at radius 1 is 0.833 bits per heavy atom. The van der Waals surface area contributed by atoms with E-state index in [4.69, 9.17) is 0 Å². The lowest BCUT2D eigenvalue weighted by molar-refractivity contribution is 1.000. The molecule has 0 saturated heterocycles. The average Bonchev–Trinajstić information content (AvgIpc) is 2.06. The second-order valence-corrected chi connectivity index (χ2v) is 9.94. The van der Waals surface area contributed by atoms with Crippen LogP contribution < -0.4 is 0 Å². The minimum atomic E-state index is -0.490. The van der Waals surface area contributed by atoms with Crippen molar-refractivity contribution in [3.05, 3.63) is 0 Å². The SMILES string of the molecule is CCC[P+](CI)(CCC)CCC. The third-order valence-corrected chi connectivity index (χ3v) is 11.4. The van der Waals surface area contributed by atoms with E-state index in [1.807, 2.05) is 0 Å². The quantitative estimate of drug-likeness (QED) is 0.365. The Bertz CT molecular complexity index is 87.0. The van der Waals surface area contributed by atoms with Crippen LogP contribution in [-0.2, 0) is 0 Å². The molecule has 2 heteroatoms. The summed E-state index contributed by atoms with van der Waals surface area (Å²) < 4.78 is 1.46. The van der Waals surface area contributed by atoms with Gasteiger partial charge in [0.15, 0.2) is 0 Å². The Labute approximate surface area is 92.4 Å². The maximum atomic E-state index is 2.62. The molecule has 0 aromatic rings. The van der Waals surface area contributed by atoms with Gasteiger partial charge in [-0.2, -0.15) is 0 Å². The van der Waals surface area contributed by atoms with Crippen LogP contribution in [0.4, 0.5) is 0 Å². The van der Waals surface area contributed by atoms with Crippen LogP contribution in [0.15, 0.2) is 0 Å². The van der Waals surface area contributed by atoms with Crippen molar-refractivity contribution in [1.82, 2.24) is 0 Å². The molecule has 0 atom stereocenters. The van der Waals surface area contributed by atoms with Crippen molar-refractivity contribution in [2.24, 2.45) is 0 Å². The van der Waals surface area contributed by atoms with E-state index in [1.54, 1.807) is 0 Å². The summed E-state index contributed by atoms with van der Waals surface area (Å²) in [5, 5.41) is 0. The molecule has 0 fully saturated rings. The molecule has 0 aliphatic heterocycles. The Hall–Kier alpha value is 1.16. The predicted molar refractivity (Wildman–Crippen MR) is 71.3 cm³/mol. The zero-order valence-electron chi connectivity index (χ0n) is 8.77. The summed E-state index contributed by atoms with van der Waals surface area (Å²) in [6.45, 7) is 7.02. The van der Waals surface area contributed by atoms with Crippen LogP contribution in [0.1, 0.15) is 40.0 Å². The lowest BCUT2D eigenvalue weighted by atomic mass is 10.6. The fourth-order valence-electron chi connectivity index (χ4n) is 1.94. The van der Waals surface area contributed by atoms with E-state index in [9.17, 15) is 0 Å². The van der Waals surface area contributed by atoms with Crippen LogP contribution in [0.3, 0.4) is 0 Å². The molecular weight excluding hydrogens is 278 g/mol. The number of halogens is 1. The summed E-state index contributed by atoms with van der Waals surface area (Å²) in [6.07, 6.45) is 8.82. The molecule has 0 saturated carbocycles. The molecule has 0 N–H and O–H groups in total. The summed E-state index contributed by atoms with van der Waals surface area (Å²) in [5.74, 6) is 0. The highest BCUT2D eigenvalue weighted by Crippen LogP contribution is 2.61. The molecule has 0 aliphatic rings. The third-order valence-electron chi connectivity index (χ3n) is 2.35. The van der Waals surface area contributed by atoms with Gasteiger partial charge in [0.25, 0.3) is 0 Å². The lowest BCUT2D eigenvalue weighted by Crippen LogP contribution is -2.08. The summed E-state index contributed by atoms with van der Waals surface area (Å²) in [6, 6.07) is 0. The number of hydrogen-bond acceptors (Lipinski definition) is 0. The molecule has 0 aromatic heterocycles. The van der Waals surface area contributed by atoms with Crippen molar-refractivity contribution in [2.45, 2.75) is 40.0 Å². The molecule has 0 nitrogen and oxygen atoms in total. The highest BCUT2D eigenvalue weighted by atomic mass is 127. The normalized spacial score (nSPS) is 12.0. The molecular formula is C10H23IP+. The molecule has 0 aromatic carbocycles. The topological polar surface area (TPSA) is 0 Å². The van der Waals surface area contributed by atoms with Gasteiger partial charge < -0.3 is 0 Å². The van der Waals surface area contributed by atoms with E-state index in [0.29, 0.717) is 0 Å². The first kappa shape index (κ1) is 13.2. The van der Waals surface area contributed by atoms with Crippen molar-refractivity contribution in [2.75, 3.05) is 22.7 Å². The Kier molecular flexibility index (Phi) is 8.28. The minimum absolute atomic E-state index is 0.490. The molecule has 12 heavy (non-hydrogen) atoms. The highest BCUT2D eigenvalue weighted by molar-refractivity contribution is 14.1. The minimum Gasteiger partial charge on any atom is -0.0619 e. The summed E-state index contributed by atoms with van der Waals surface area (Å²) in [5.41, 5.74) is 0. The molecule has 0 rings (SSSR count). The lowest BCUT2D eigenvalue weighted by Gasteiger charge is -2.24. The molecule has 0 amide bonds. The first-order valence-corrected chi connectivity index (χ1v) is 9.21. The van der Waals surface area contributed by atoms with Crippen molar-refractivity contribution >= 4 is 29.9 Å². The van der Waals surface area contributed by atoms with Crippen molar-refractivity contribution in [3.8, 4) is 0 Å². The van der Waals surface area contributed by atoms with E-state index in [-0.39, 0.29) is 0 Å². The molecule has 0 spiro atoms. The average molecular weight is 301 g/mol. The highest BCUT2D eigenvalue weighted by Gasteiger charge is 2.32. The van der Waals surface area contributed by atoms with Crippen LogP contribution >= 0.6 is 29.9 Å². The largest absolute Gasteiger partial charge is 0.109 e. The van der Waals surface area contributed by atoms with Crippen LogP contribution in [0.25, 0.3) is 0 Å². The maximum absolute atomic E-state index is 2.62. The van der Waals surface area contributed by atoms with Gasteiger partial charge >= 0.3 is 0 Å². The van der Waals surface area contributed by atoms with Gasteiger partial charge in [-0.1, -0.05) is 20.8 Å². The zero-order chi connectivity index (χ0) is 9.45.